The van der Waals surface area contributed by atoms with Crippen molar-refractivity contribution in [3.05, 3.63) is 22.9 Å². The molecule has 2 aromatic rings. The Bertz CT molecular complexity index is 1030. The summed E-state index contributed by atoms with van der Waals surface area (Å²) in [5.74, 6) is 0.386. The summed E-state index contributed by atoms with van der Waals surface area (Å²) >= 11 is 0. The van der Waals surface area contributed by atoms with Crippen molar-refractivity contribution < 1.29 is 14.1 Å². The number of likely N-dealkylation sites (tertiary alicyclic amines) is 1. The summed E-state index contributed by atoms with van der Waals surface area (Å²) in [6.45, 7) is 9.76. The fourth-order valence-electron chi connectivity index (χ4n) is 4.61. The molecule has 2 atom stereocenters. The monoisotopic (exact) mass is 399 g/mol. The molecular formula is C19H26BN5O4. The lowest BCUT2D eigenvalue weighted by molar-refractivity contribution is -0.133. The molecule has 1 aliphatic carbocycles. The number of nitrogens with zero attached hydrogens (tertiary/aromatic N) is 4. The number of nitrogens with one attached hydrogen (secondary N) is 1. The molecule has 3 fully saturated rings. The topological polar surface area (TPSA) is 102 Å². The highest BCUT2D eigenvalue weighted by atomic mass is 16.7. The lowest BCUT2D eigenvalue weighted by Crippen LogP contribution is -2.43. The molecule has 1 saturated carbocycles. The number of hydrogen-bond acceptors (Lipinski definition) is 6. The second-order valence-corrected chi connectivity index (χ2v) is 9.58. The first-order valence-corrected chi connectivity index (χ1v) is 10.2. The van der Waals surface area contributed by atoms with Gasteiger partial charge in [-0.25, -0.2) is 9.67 Å². The molecule has 154 valence electrons. The maximum Gasteiger partial charge on any atom is 0.464 e. The van der Waals surface area contributed by atoms with Crippen molar-refractivity contribution in [1.82, 2.24) is 24.6 Å². The molecule has 9 nitrogen and oxygen atoms in total. The number of fused-ring (bicyclic) bond motifs is 2. The number of piperidine rings is 1. The Morgan fingerprint density at radius 3 is 2.72 bits per heavy atom. The van der Waals surface area contributed by atoms with E-state index < -0.39 is 0 Å². The fraction of sp³-hybridized carbons (Fsp3) is 0.684. The lowest BCUT2D eigenvalue weighted by atomic mass is 9.63. The van der Waals surface area contributed by atoms with Crippen molar-refractivity contribution in [3.8, 4) is 0 Å². The third-order valence-corrected chi connectivity index (χ3v) is 7.37. The number of carbonyl (C=O) groups excluding carboxylic acids is 1. The van der Waals surface area contributed by atoms with Gasteiger partial charge in [-0.15, -0.1) is 0 Å². The minimum Gasteiger partial charge on any atom is -0.403 e. The van der Waals surface area contributed by atoms with Crippen LogP contribution >= 0.6 is 0 Å². The quantitative estimate of drug-likeness (QED) is 0.779. The van der Waals surface area contributed by atoms with Gasteiger partial charge in [0.15, 0.2) is 5.65 Å². The largest absolute Gasteiger partial charge is 0.464 e. The number of rotatable bonds is 3. The standard InChI is InChI=1S/C19H26BN5O4/c1-17(2)18(3,4)29-20(28-17)19-5-6-24(9-12(19)7-19)14(26)10-25-15-13(8-23-25)16(27)22-11-21-15/h8,11-12H,5-7,9-10H2,1-4H3,(H,21,22,27). The summed E-state index contributed by atoms with van der Waals surface area (Å²) in [7, 11) is -0.208. The van der Waals surface area contributed by atoms with Crippen LogP contribution in [-0.4, -0.2) is 62.0 Å². The first kappa shape index (κ1) is 18.8. The number of aromatic nitrogens is 4. The van der Waals surface area contributed by atoms with Crippen molar-refractivity contribution in [2.24, 2.45) is 5.92 Å². The van der Waals surface area contributed by atoms with Gasteiger partial charge in [0.05, 0.1) is 23.7 Å². The Kier molecular flexibility index (Phi) is 3.84. The molecule has 0 spiro atoms. The molecule has 2 unspecified atom stereocenters. The van der Waals surface area contributed by atoms with Crippen molar-refractivity contribution in [2.45, 2.75) is 63.6 Å². The SMILES string of the molecule is CC1(C)OB(C23CCN(C(=O)Cn4ncc5c(=O)[nH]cnc54)CC2C3)OC1(C)C. The van der Waals surface area contributed by atoms with Gasteiger partial charge in [-0.05, 0) is 46.5 Å². The Balaban J connectivity index is 1.26. The summed E-state index contributed by atoms with van der Waals surface area (Å²) < 4.78 is 14.1. The van der Waals surface area contributed by atoms with E-state index in [0.29, 0.717) is 30.0 Å². The Morgan fingerprint density at radius 2 is 2.03 bits per heavy atom. The number of amides is 1. The van der Waals surface area contributed by atoms with Crippen LogP contribution in [0.15, 0.2) is 17.3 Å². The van der Waals surface area contributed by atoms with E-state index in [1.807, 2.05) is 4.90 Å². The van der Waals surface area contributed by atoms with Gasteiger partial charge in [-0.3, -0.25) is 9.59 Å². The van der Waals surface area contributed by atoms with Crippen molar-refractivity contribution in [2.75, 3.05) is 13.1 Å². The molecular weight excluding hydrogens is 373 g/mol. The lowest BCUT2D eigenvalue weighted by Gasteiger charge is -2.32. The van der Waals surface area contributed by atoms with Gasteiger partial charge in [0, 0.05) is 18.4 Å². The van der Waals surface area contributed by atoms with E-state index in [1.54, 1.807) is 0 Å². The smallest absolute Gasteiger partial charge is 0.403 e. The molecule has 29 heavy (non-hydrogen) atoms. The van der Waals surface area contributed by atoms with Crippen LogP contribution in [0, 0.1) is 5.92 Å². The zero-order chi connectivity index (χ0) is 20.6. The van der Waals surface area contributed by atoms with Gasteiger partial charge in [-0.2, -0.15) is 5.10 Å². The molecule has 1 amide bonds. The summed E-state index contributed by atoms with van der Waals surface area (Å²) in [4.78, 5) is 33.3. The molecule has 2 aliphatic heterocycles. The first-order chi connectivity index (χ1) is 13.6. The minimum absolute atomic E-state index is 0.00787. The van der Waals surface area contributed by atoms with E-state index >= 15 is 0 Å². The molecule has 0 aromatic carbocycles. The van der Waals surface area contributed by atoms with Crippen LogP contribution in [0.4, 0.5) is 0 Å². The molecule has 10 heteroatoms. The molecule has 3 aliphatic rings. The zero-order valence-corrected chi connectivity index (χ0v) is 17.3. The highest BCUT2D eigenvalue weighted by molar-refractivity contribution is 6.51. The molecule has 5 rings (SSSR count). The van der Waals surface area contributed by atoms with Crippen molar-refractivity contribution in [3.63, 3.8) is 0 Å². The van der Waals surface area contributed by atoms with Crippen LogP contribution in [-0.2, 0) is 20.6 Å². The molecule has 4 heterocycles. The van der Waals surface area contributed by atoms with Gasteiger partial charge in [0.2, 0.25) is 5.91 Å². The highest BCUT2D eigenvalue weighted by Crippen LogP contribution is 2.68. The van der Waals surface area contributed by atoms with Crippen LogP contribution < -0.4 is 5.56 Å². The predicted octanol–water partition coefficient (Wildman–Crippen LogP) is 1.20. The third-order valence-electron chi connectivity index (χ3n) is 7.37. The molecule has 1 N–H and O–H groups in total. The van der Waals surface area contributed by atoms with E-state index in [4.69, 9.17) is 9.31 Å². The second-order valence-electron chi connectivity index (χ2n) is 9.58. The Hall–Kier alpha value is -2.20. The van der Waals surface area contributed by atoms with Crippen LogP contribution in [0.2, 0.25) is 5.31 Å². The van der Waals surface area contributed by atoms with Crippen LogP contribution in [0.25, 0.3) is 11.0 Å². The van der Waals surface area contributed by atoms with Gasteiger partial charge >= 0.3 is 7.12 Å². The van der Waals surface area contributed by atoms with Gasteiger partial charge in [0.25, 0.3) is 5.56 Å². The van der Waals surface area contributed by atoms with E-state index in [0.717, 1.165) is 12.8 Å². The van der Waals surface area contributed by atoms with E-state index in [1.165, 1.54) is 17.2 Å². The van der Waals surface area contributed by atoms with E-state index in [-0.39, 0.29) is 41.6 Å². The number of H-pyrrole nitrogens is 1. The maximum atomic E-state index is 12.9. The van der Waals surface area contributed by atoms with E-state index in [2.05, 4.69) is 42.8 Å². The van der Waals surface area contributed by atoms with Gasteiger partial charge in [0.1, 0.15) is 11.9 Å². The fourth-order valence-corrected chi connectivity index (χ4v) is 4.61. The summed E-state index contributed by atoms with van der Waals surface area (Å²) in [6.07, 6.45) is 4.68. The number of hydrogen-bond donors (Lipinski definition) is 1. The van der Waals surface area contributed by atoms with Crippen LogP contribution in [0.3, 0.4) is 0 Å². The Morgan fingerprint density at radius 1 is 1.31 bits per heavy atom. The van der Waals surface area contributed by atoms with Gasteiger partial charge < -0.3 is 19.2 Å². The average Bonchev–Trinajstić information content (AvgIpc) is 3.19. The summed E-state index contributed by atoms with van der Waals surface area (Å²) in [5.41, 5.74) is -0.495. The molecule has 0 radical (unpaired) electrons. The van der Waals surface area contributed by atoms with Crippen LogP contribution in [0.5, 0.6) is 0 Å². The minimum atomic E-state index is -0.335. The number of aromatic amines is 1. The maximum absolute atomic E-state index is 12.9. The normalized spacial score (nSPS) is 29.9. The van der Waals surface area contributed by atoms with Crippen LogP contribution in [0.1, 0.15) is 40.5 Å². The van der Waals surface area contributed by atoms with Crippen molar-refractivity contribution >= 4 is 24.1 Å². The Labute approximate surface area is 168 Å². The molecule has 0 bridgehead atoms. The highest BCUT2D eigenvalue weighted by Gasteiger charge is 2.70. The summed E-state index contributed by atoms with van der Waals surface area (Å²) in [6, 6.07) is 0. The third kappa shape index (κ3) is 2.76. The second kappa shape index (κ2) is 5.92. The van der Waals surface area contributed by atoms with Gasteiger partial charge in [-0.1, -0.05) is 0 Å². The van der Waals surface area contributed by atoms with E-state index in [9.17, 15) is 9.59 Å². The average molecular weight is 399 g/mol. The van der Waals surface area contributed by atoms with Crippen molar-refractivity contribution in [1.29, 1.82) is 0 Å². The molecule has 2 aromatic heterocycles. The zero-order valence-electron chi connectivity index (χ0n) is 17.3. The first-order valence-electron chi connectivity index (χ1n) is 10.2. The number of carbonyl (C=O) groups is 1. The predicted molar refractivity (Wildman–Crippen MR) is 106 cm³/mol. The summed E-state index contributed by atoms with van der Waals surface area (Å²) in [5, 5.41) is 4.59. The molecule has 2 saturated heterocycles.